The summed E-state index contributed by atoms with van der Waals surface area (Å²) in [6.45, 7) is 10.00. The van der Waals surface area contributed by atoms with Gasteiger partial charge in [0.15, 0.2) is 0 Å². The quantitative estimate of drug-likeness (QED) is 0.237. The Bertz CT molecular complexity index is 1100. The number of amides is 3. The smallest absolute Gasteiger partial charge is 0.408 e. The molecule has 2 aromatic carbocycles. The van der Waals surface area contributed by atoms with Crippen molar-refractivity contribution in [3.63, 3.8) is 0 Å². The van der Waals surface area contributed by atoms with Gasteiger partial charge in [-0.15, -0.1) is 0 Å². The summed E-state index contributed by atoms with van der Waals surface area (Å²) in [6, 6.07) is 10.6. The highest BCUT2D eigenvalue weighted by Crippen LogP contribution is 2.27. The van der Waals surface area contributed by atoms with Crippen molar-refractivity contribution in [3.8, 4) is 11.5 Å². The zero-order valence-electron chi connectivity index (χ0n) is 24.4. The minimum Gasteiger partial charge on any atom is -0.508 e. The van der Waals surface area contributed by atoms with E-state index in [1.165, 1.54) is 29.2 Å². The lowest BCUT2D eigenvalue weighted by Gasteiger charge is -2.34. The maximum atomic E-state index is 14.3. The van der Waals surface area contributed by atoms with Crippen LogP contribution in [0.5, 0.6) is 11.5 Å². The van der Waals surface area contributed by atoms with E-state index >= 15 is 0 Å². The van der Waals surface area contributed by atoms with Gasteiger partial charge in [-0.3, -0.25) is 9.59 Å². The minimum absolute atomic E-state index is 0.0169. The zero-order chi connectivity index (χ0) is 29.7. The minimum atomic E-state index is -1.05. The zero-order valence-corrected chi connectivity index (χ0v) is 24.4. The number of nitrogens with zero attached hydrogens (tertiary/aromatic N) is 1. The lowest BCUT2D eigenvalue weighted by atomic mass is 9.99. The summed E-state index contributed by atoms with van der Waals surface area (Å²) in [4.78, 5) is 42.2. The molecular weight excluding hydrogens is 510 g/mol. The maximum Gasteiger partial charge on any atom is 0.408 e. The Morgan fingerprint density at radius 3 is 2.20 bits per heavy atom. The lowest BCUT2D eigenvalue weighted by Crippen LogP contribution is -2.54. The normalized spacial score (nSPS) is 12.7. The fourth-order valence-corrected chi connectivity index (χ4v) is 4.26. The van der Waals surface area contributed by atoms with Gasteiger partial charge < -0.3 is 30.5 Å². The average molecular weight is 556 g/mol. The number of phenols is 2. The molecule has 220 valence electrons. The number of benzene rings is 2. The first kappa shape index (κ1) is 32.5. The molecule has 3 amide bonds. The summed E-state index contributed by atoms with van der Waals surface area (Å²) in [5.74, 6) is -0.743. The van der Waals surface area contributed by atoms with Crippen molar-refractivity contribution in [2.45, 2.75) is 90.8 Å². The van der Waals surface area contributed by atoms with Gasteiger partial charge in [-0.2, -0.15) is 0 Å². The summed E-state index contributed by atoms with van der Waals surface area (Å²) in [5, 5.41) is 25.6. The first-order valence-electron chi connectivity index (χ1n) is 14.1. The number of hydrogen-bond acceptors (Lipinski definition) is 6. The number of alkyl carbamates (subject to hydrolysis) is 1. The van der Waals surface area contributed by atoms with Crippen LogP contribution in [0.15, 0.2) is 48.5 Å². The molecule has 2 aromatic rings. The molecule has 2 atom stereocenters. The molecule has 0 fully saturated rings. The first-order chi connectivity index (χ1) is 18.9. The number of rotatable bonds is 14. The number of ether oxygens (including phenoxy) is 1. The molecule has 0 aliphatic carbocycles. The van der Waals surface area contributed by atoms with Gasteiger partial charge >= 0.3 is 6.09 Å². The third-order valence-corrected chi connectivity index (χ3v) is 6.23. The second-order valence-electron chi connectivity index (χ2n) is 11.0. The number of aromatic hydroxyl groups is 2. The molecule has 2 unspecified atom stereocenters. The van der Waals surface area contributed by atoms with Crippen LogP contribution in [0.3, 0.4) is 0 Å². The molecule has 9 nitrogen and oxygen atoms in total. The van der Waals surface area contributed by atoms with Crippen LogP contribution in [0.25, 0.3) is 0 Å². The molecule has 0 saturated carbocycles. The lowest BCUT2D eigenvalue weighted by molar-refractivity contribution is -0.142. The molecule has 0 aliphatic heterocycles. The molecule has 0 aromatic heterocycles. The van der Waals surface area contributed by atoms with Gasteiger partial charge in [0.05, 0.1) is 0 Å². The van der Waals surface area contributed by atoms with Gasteiger partial charge in [-0.1, -0.05) is 57.4 Å². The molecule has 0 aliphatic rings. The van der Waals surface area contributed by atoms with Gasteiger partial charge in [-0.05, 0) is 69.0 Å². The Hall–Kier alpha value is -3.75. The fraction of sp³-hybridized carbons (Fsp3) is 0.516. The molecular formula is C31H45N3O6. The predicted molar refractivity (Wildman–Crippen MR) is 155 cm³/mol. The van der Waals surface area contributed by atoms with E-state index in [9.17, 15) is 24.6 Å². The molecule has 0 heterocycles. The van der Waals surface area contributed by atoms with E-state index in [1.807, 2.05) is 6.92 Å². The highest BCUT2D eigenvalue weighted by Gasteiger charge is 2.36. The van der Waals surface area contributed by atoms with Crippen molar-refractivity contribution >= 4 is 17.9 Å². The molecule has 0 bridgehead atoms. The summed E-state index contributed by atoms with van der Waals surface area (Å²) in [5.41, 5.74) is 0.402. The van der Waals surface area contributed by atoms with Crippen LogP contribution >= 0.6 is 0 Å². The van der Waals surface area contributed by atoms with Crippen LogP contribution in [-0.2, 0) is 20.7 Å². The summed E-state index contributed by atoms with van der Waals surface area (Å²) < 4.78 is 5.45. The van der Waals surface area contributed by atoms with Crippen LogP contribution in [0, 0.1) is 0 Å². The van der Waals surface area contributed by atoms with E-state index in [0.717, 1.165) is 25.7 Å². The highest BCUT2D eigenvalue weighted by atomic mass is 16.6. The Morgan fingerprint density at radius 1 is 0.925 bits per heavy atom. The molecule has 4 N–H and O–H groups in total. The third-order valence-electron chi connectivity index (χ3n) is 6.23. The van der Waals surface area contributed by atoms with Crippen molar-refractivity contribution in [3.05, 3.63) is 59.7 Å². The summed E-state index contributed by atoms with van der Waals surface area (Å²) in [6.07, 6.45) is 3.54. The Morgan fingerprint density at radius 2 is 1.60 bits per heavy atom. The highest BCUT2D eigenvalue weighted by molar-refractivity contribution is 5.92. The number of hydrogen-bond donors (Lipinski definition) is 4. The van der Waals surface area contributed by atoms with Gasteiger partial charge in [0.25, 0.3) is 0 Å². The fourth-order valence-electron chi connectivity index (χ4n) is 4.26. The van der Waals surface area contributed by atoms with Crippen molar-refractivity contribution in [2.24, 2.45) is 0 Å². The van der Waals surface area contributed by atoms with E-state index in [1.54, 1.807) is 45.0 Å². The molecule has 0 spiro atoms. The van der Waals surface area contributed by atoms with Crippen molar-refractivity contribution in [1.82, 2.24) is 15.5 Å². The average Bonchev–Trinajstić information content (AvgIpc) is 2.88. The van der Waals surface area contributed by atoms with E-state index in [-0.39, 0.29) is 30.4 Å². The number of carbonyl (C=O) groups is 3. The molecule has 0 radical (unpaired) electrons. The molecule has 2 rings (SSSR count). The van der Waals surface area contributed by atoms with Gasteiger partial charge in [0.1, 0.15) is 29.2 Å². The van der Waals surface area contributed by atoms with Crippen molar-refractivity contribution < 1.29 is 29.3 Å². The van der Waals surface area contributed by atoms with Crippen molar-refractivity contribution in [1.29, 1.82) is 0 Å². The van der Waals surface area contributed by atoms with Gasteiger partial charge in [0.2, 0.25) is 11.8 Å². The van der Waals surface area contributed by atoms with Crippen LogP contribution < -0.4 is 10.6 Å². The largest absolute Gasteiger partial charge is 0.508 e. The molecule has 40 heavy (non-hydrogen) atoms. The summed E-state index contributed by atoms with van der Waals surface area (Å²) in [7, 11) is 0. The topological polar surface area (TPSA) is 128 Å². The van der Waals surface area contributed by atoms with Crippen LogP contribution in [0.4, 0.5) is 4.79 Å². The maximum absolute atomic E-state index is 14.3. The van der Waals surface area contributed by atoms with Crippen LogP contribution in [0.1, 0.15) is 83.9 Å². The van der Waals surface area contributed by atoms with Crippen LogP contribution in [-0.4, -0.2) is 57.8 Å². The number of phenolic OH excluding ortho intramolecular Hbond substituents is 2. The standard InChI is InChI=1S/C31H45N3O6/c1-6-8-10-18-32-28(37)27(23-12-11-13-25(36)21-23)34(19-9-7-2)29(38)26(33-30(39)40-31(3,4)5)20-22-14-16-24(35)17-15-22/h11-17,21,26-27,35-36H,6-10,18-20H2,1-5H3,(H,32,37)(H,33,39). The third kappa shape index (κ3) is 10.8. The van der Waals surface area contributed by atoms with Gasteiger partial charge in [0, 0.05) is 19.5 Å². The molecule has 9 heteroatoms. The van der Waals surface area contributed by atoms with Crippen molar-refractivity contribution in [2.75, 3.05) is 13.1 Å². The van der Waals surface area contributed by atoms with E-state index in [2.05, 4.69) is 17.6 Å². The van der Waals surface area contributed by atoms with Gasteiger partial charge in [-0.25, -0.2) is 4.79 Å². The monoisotopic (exact) mass is 555 g/mol. The predicted octanol–water partition coefficient (Wildman–Crippen LogP) is 5.21. The van der Waals surface area contributed by atoms with E-state index in [0.29, 0.717) is 24.1 Å². The van der Waals surface area contributed by atoms with Crippen LogP contribution in [0.2, 0.25) is 0 Å². The van der Waals surface area contributed by atoms with E-state index in [4.69, 9.17) is 4.74 Å². The Balaban J connectivity index is 2.50. The second-order valence-corrected chi connectivity index (χ2v) is 11.0. The number of carbonyl (C=O) groups excluding carboxylic acids is 3. The SMILES string of the molecule is CCCCCNC(=O)C(c1cccc(O)c1)N(CCCC)C(=O)C(Cc1ccc(O)cc1)NC(=O)OC(C)(C)C. The Kier molecular flexibility index (Phi) is 12.8. The number of nitrogens with one attached hydrogen (secondary N) is 2. The second kappa shape index (κ2) is 15.7. The number of unbranched alkanes of at least 4 members (excludes halogenated alkanes) is 3. The Labute approximate surface area is 237 Å². The first-order valence-corrected chi connectivity index (χ1v) is 14.1. The van der Waals surface area contributed by atoms with E-state index < -0.39 is 29.7 Å². The molecule has 0 saturated heterocycles. The summed E-state index contributed by atoms with van der Waals surface area (Å²) >= 11 is 0.